The summed E-state index contributed by atoms with van der Waals surface area (Å²) in [6.07, 6.45) is 2.57. The van der Waals surface area contributed by atoms with Crippen LogP contribution in [0.3, 0.4) is 0 Å². The van der Waals surface area contributed by atoms with Gasteiger partial charge >= 0.3 is 0 Å². The molecule has 3 heteroatoms. The Hall–Kier alpha value is -0.180. The average Bonchev–Trinajstić information content (AvgIpc) is 2.27. The van der Waals surface area contributed by atoms with Gasteiger partial charge in [-0.2, -0.15) is 0 Å². The summed E-state index contributed by atoms with van der Waals surface area (Å²) in [4.78, 5) is 0. The molecule has 1 N–H and O–H groups in total. The van der Waals surface area contributed by atoms with Gasteiger partial charge in [0, 0.05) is 12.0 Å². The summed E-state index contributed by atoms with van der Waals surface area (Å²) in [6, 6.07) is 0.482. The number of nitrogens with one attached hydrogen (secondary N) is 1. The molecule has 0 aromatic carbocycles. The minimum atomic E-state index is -2.52. The van der Waals surface area contributed by atoms with Crippen molar-refractivity contribution >= 4 is 0 Å². The molecule has 5 unspecified atom stereocenters. The Morgan fingerprint density at radius 3 is 2.11 bits per heavy atom. The summed E-state index contributed by atoms with van der Waals surface area (Å²) in [6.45, 7) is 9.83. The Balaban J connectivity index is 2.65. The van der Waals surface area contributed by atoms with Gasteiger partial charge < -0.3 is 5.32 Å². The number of halogens is 2. The molecule has 19 heavy (non-hydrogen) atoms. The number of hydrogen-bond acceptors (Lipinski definition) is 1. The monoisotopic (exact) mass is 275 g/mol. The predicted molar refractivity (Wildman–Crippen MR) is 77.5 cm³/mol. The summed E-state index contributed by atoms with van der Waals surface area (Å²) >= 11 is 0. The highest BCUT2D eigenvalue weighted by molar-refractivity contribution is 4.89. The van der Waals surface area contributed by atoms with E-state index >= 15 is 0 Å². The lowest BCUT2D eigenvalue weighted by Gasteiger charge is -2.42. The fraction of sp³-hybridized carbons (Fsp3) is 1.00. The first-order chi connectivity index (χ1) is 8.68. The van der Waals surface area contributed by atoms with Gasteiger partial charge in [-0.1, -0.05) is 27.7 Å². The zero-order chi connectivity index (χ0) is 14.8. The Morgan fingerprint density at radius 1 is 1.16 bits per heavy atom. The second-order valence-electron chi connectivity index (χ2n) is 7.03. The maximum absolute atomic E-state index is 13.5. The summed E-state index contributed by atoms with van der Waals surface area (Å²) in [7, 11) is 2.01. The van der Waals surface area contributed by atoms with E-state index in [4.69, 9.17) is 0 Å². The van der Waals surface area contributed by atoms with E-state index in [0.29, 0.717) is 30.2 Å². The van der Waals surface area contributed by atoms with Crippen molar-refractivity contribution in [3.05, 3.63) is 0 Å². The first-order valence-electron chi connectivity index (χ1n) is 7.73. The maximum atomic E-state index is 13.5. The van der Waals surface area contributed by atoms with Gasteiger partial charge in [-0.3, -0.25) is 0 Å². The van der Waals surface area contributed by atoms with E-state index in [2.05, 4.69) is 26.1 Å². The molecular weight excluding hydrogens is 244 g/mol. The third-order valence-electron chi connectivity index (χ3n) is 5.22. The van der Waals surface area contributed by atoms with Crippen molar-refractivity contribution in [1.29, 1.82) is 0 Å². The van der Waals surface area contributed by atoms with Gasteiger partial charge in [0.05, 0.1) is 0 Å². The third-order valence-corrected chi connectivity index (χ3v) is 5.22. The van der Waals surface area contributed by atoms with Crippen molar-refractivity contribution in [2.75, 3.05) is 7.05 Å². The Kier molecular flexibility index (Phi) is 5.78. The number of hydrogen-bond donors (Lipinski definition) is 1. The lowest BCUT2D eigenvalue weighted by atomic mass is 9.67. The second kappa shape index (κ2) is 6.51. The summed E-state index contributed by atoms with van der Waals surface area (Å²) in [5, 5.41) is 3.41. The van der Waals surface area contributed by atoms with Crippen molar-refractivity contribution in [3.8, 4) is 0 Å². The van der Waals surface area contributed by atoms with E-state index in [1.165, 1.54) is 0 Å². The molecule has 0 aliphatic heterocycles. The molecule has 0 saturated heterocycles. The van der Waals surface area contributed by atoms with Gasteiger partial charge in [-0.25, -0.2) is 8.78 Å². The lowest BCUT2D eigenvalue weighted by Crippen LogP contribution is -2.43. The quantitative estimate of drug-likeness (QED) is 0.774. The zero-order valence-electron chi connectivity index (χ0n) is 13.3. The highest BCUT2D eigenvalue weighted by Gasteiger charge is 2.43. The van der Waals surface area contributed by atoms with Crippen LogP contribution in [0.25, 0.3) is 0 Å². The summed E-state index contributed by atoms with van der Waals surface area (Å²) < 4.78 is 27.1. The van der Waals surface area contributed by atoms with Crippen molar-refractivity contribution < 1.29 is 8.78 Å². The molecule has 0 spiro atoms. The van der Waals surface area contributed by atoms with Gasteiger partial charge in [0.1, 0.15) is 0 Å². The molecule has 1 saturated carbocycles. The predicted octanol–water partition coefficient (Wildman–Crippen LogP) is 4.57. The molecule has 0 amide bonds. The van der Waals surface area contributed by atoms with Crippen LogP contribution < -0.4 is 5.32 Å². The molecule has 0 heterocycles. The van der Waals surface area contributed by atoms with Gasteiger partial charge in [-0.15, -0.1) is 0 Å². The van der Waals surface area contributed by atoms with Crippen LogP contribution in [-0.4, -0.2) is 19.0 Å². The molecule has 0 aromatic heterocycles. The van der Waals surface area contributed by atoms with E-state index in [1.807, 2.05) is 14.0 Å². The highest BCUT2D eigenvalue weighted by Crippen LogP contribution is 2.45. The number of rotatable bonds is 5. The molecule has 1 rings (SSSR count). The third kappa shape index (κ3) is 4.14. The topological polar surface area (TPSA) is 12.0 Å². The molecule has 0 radical (unpaired) electrons. The van der Waals surface area contributed by atoms with Gasteiger partial charge in [0.25, 0.3) is 0 Å². The van der Waals surface area contributed by atoms with Crippen molar-refractivity contribution in [1.82, 2.24) is 5.32 Å². The average molecular weight is 275 g/mol. The van der Waals surface area contributed by atoms with E-state index in [1.54, 1.807) is 0 Å². The van der Waals surface area contributed by atoms with Crippen LogP contribution in [0.2, 0.25) is 0 Å². The standard InChI is InChI=1S/C16H31F2N/c1-10(2)15(19-6)12(4)13-7-8-14(11(3)9-13)16(5,17)18/h10-15,19H,7-9H2,1-6H3. The van der Waals surface area contributed by atoms with Crippen LogP contribution in [0.1, 0.15) is 53.9 Å². The second-order valence-corrected chi connectivity index (χ2v) is 7.03. The van der Waals surface area contributed by atoms with Crippen LogP contribution in [-0.2, 0) is 0 Å². The van der Waals surface area contributed by atoms with Crippen LogP contribution in [0.5, 0.6) is 0 Å². The number of alkyl halides is 2. The molecule has 114 valence electrons. The van der Waals surface area contributed by atoms with Crippen LogP contribution in [0, 0.1) is 29.6 Å². The van der Waals surface area contributed by atoms with Gasteiger partial charge in [-0.05, 0) is 56.9 Å². The van der Waals surface area contributed by atoms with E-state index in [0.717, 1.165) is 19.8 Å². The van der Waals surface area contributed by atoms with E-state index in [9.17, 15) is 8.78 Å². The normalized spacial score (nSPS) is 32.4. The van der Waals surface area contributed by atoms with Gasteiger partial charge in [0.2, 0.25) is 5.92 Å². The fourth-order valence-electron chi connectivity index (χ4n) is 4.16. The molecule has 5 atom stereocenters. The molecule has 0 aromatic rings. The molecule has 1 fully saturated rings. The first-order valence-corrected chi connectivity index (χ1v) is 7.73. The molecule has 1 nitrogen and oxygen atoms in total. The Bertz CT molecular complexity index is 272. The van der Waals surface area contributed by atoms with Crippen molar-refractivity contribution in [3.63, 3.8) is 0 Å². The fourth-order valence-corrected chi connectivity index (χ4v) is 4.16. The minimum absolute atomic E-state index is 0.130. The zero-order valence-corrected chi connectivity index (χ0v) is 13.3. The van der Waals surface area contributed by atoms with Crippen molar-refractivity contribution in [2.45, 2.75) is 65.8 Å². The summed E-state index contributed by atoms with van der Waals surface area (Å²) in [5.41, 5.74) is 0. The van der Waals surface area contributed by atoms with Crippen LogP contribution in [0.4, 0.5) is 8.78 Å². The maximum Gasteiger partial charge on any atom is 0.248 e. The van der Waals surface area contributed by atoms with E-state index < -0.39 is 11.8 Å². The lowest BCUT2D eigenvalue weighted by molar-refractivity contribution is -0.0838. The largest absolute Gasteiger partial charge is 0.316 e. The van der Waals surface area contributed by atoms with Crippen LogP contribution in [0.15, 0.2) is 0 Å². The first kappa shape index (κ1) is 16.9. The Labute approximate surface area is 117 Å². The SMILES string of the molecule is CNC(C(C)C)C(C)C1CCC(C(C)(F)F)C(C)C1. The highest BCUT2D eigenvalue weighted by atomic mass is 19.3. The molecule has 1 aliphatic carbocycles. The minimum Gasteiger partial charge on any atom is -0.316 e. The smallest absolute Gasteiger partial charge is 0.248 e. The Morgan fingerprint density at radius 2 is 1.74 bits per heavy atom. The van der Waals surface area contributed by atoms with Crippen LogP contribution >= 0.6 is 0 Å². The molecule has 0 bridgehead atoms. The van der Waals surface area contributed by atoms with Gasteiger partial charge in [0.15, 0.2) is 0 Å². The molecule has 1 aliphatic rings. The van der Waals surface area contributed by atoms with Crippen molar-refractivity contribution in [2.24, 2.45) is 29.6 Å². The van der Waals surface area contributed by atoms with E-state index in [-0.39, 0.29) is 5.92 Å². The molecular formula is C16H31F2N. The summed E-state index contributed by atoms with van der Waals surface area (Å²) in [5.74, 6) is -1.10.